The van der Waals surface area contributed by atoms with Crippen LogP contribution in [0.3, 0.4) is 0 Å². The van der Waals surface area contributed by atoms with Crippen LogP contribution in [0.1, 0.15) is 33.6 Å². The lowest BCUT2D eigenvalue weighted by atomic mass is 10.0. The number of hydrogen-bond acceptors (Lipinski definition) is 12. The Morgan fingerprint density at radius 2 is 1.48 bits per heavy atom. The van der Waals surface area contributed by atoms with Crippen molar-refractivity contribution in [1.29, 1.82) is 0 Å². The van der Waals surface area contributed by atoms with Gasteiger partial charge >= 0.3 is 0 Å². The van der Waals surface area contributed by atoms with E-state index < -0.39 is 29.7 Å². The summed E-state index contributed by atoms with van der Waals surface area (Å²) >= 11 is 0. The van der Waals surface area contributed by atoms with Gasteiger partial charge in [0.05, 0.1) is 62.5 Å². The fraction of sp³-hybridized carbons (Fsp3) is 0.297. The third-order valence-electron chi connectivity index (χ3n) is 8.71. The topological polar surface area (TPSA) is 186 Å². The Labute approximate surface area is 297 Å². The number of ether oxygens (including phenoxy) is 5. The highest BCUT2D eigenvalue weighted by molar-refractivity contribution is 6.23. The van der Waals surface area contributed by atoms with E-state index >= 15 is 0 Å². The van der Waals surface area contributed by atoms with Gasteiger partial charge in [-0.25, -0.2) is 9.97 Å². The van der Waals surface area contributed by atoms with Crippen molar-refractivity contribution in [3.63, 3.8) is 0 Å². The molecule has 1 saturated heterocycles. The molecule has 2 aliphatic heterocycles. The molecule has 15 heteroatoms. The van der Waals surface area contributed by atoms with Gasteiger partial charge in [-0.15, -0.1) is 0 Å². The van der Waals surface area contributed by atoms with E-state index in [-0.39, 0.29) is 37.2 Å². The zero-order chi connectivity index (χ0) is 36.0. The summed E-state index contributed by atoms with van der Waals surface area (Å²) < 4.78 is 30.1. The highest BCUT2D eigenvalue weighted by Gasteiger charge is 2.44. The molecule has 0 spiro atoms. The summed E-state index contributed by atoms with van der Waals surface area (Å²) in [5.41, 5.74) is 8.11. The number of aromatic nitrogens is 3. The molecule has 4 amide bonds. The molecular weight excluding hydrogens is 672 g/mol. The van der Waals surface area contributed by atoms with Crippen LogP contribution in [0.25, 0.3) is 27.5 Å². The number of anilines is 1. The smallest absolute Gasteiger partial charge is 0.262 e. The number of fused-ring (bicyclic) bond motifs is 3. The van der Waals surface area contributed by atoms with E-state index in [4.69, 9.17) is 29.4 Å². The van der Waals surface area contributed by atoms with Crippen molar-refractivity contribution in [3.05, 3.63) is 84.3 Å². The van der Waals surface area contributed by atoms with Gasteiger partial charge in [0, 0.05) is 46.7 Å². The quantitative estimate of drug-likeness (QED) is 0.0868. The molecule has 2 aliphatic rings. The molecular formula is C37H36N6O9. The summed E-state index contributed by atoms with van der Waals surface area (Å²) in [6, 6.07) is 15.1. The summed E-state index contributed by atoms with van der Waals surface area (Å²) in [5.74, 6) is -0.589. The van der Waals surface area contributed by atoms with Gasteiger partial charge in [0.15, 0.2) is 0 Å². The van der Waals surface area contributed by atoms with Crippen molar-refractivity contribution in [1.82, 2.24) is 24.8 Å². The SMILES string of the molecule is Nc1cccc2cnc(-n3ccc4cc(OCCOCCOCCOCCOc5ccc6c(c5)C(=O)N(C5CCC(=O)NC5=O)C6=O)ncc43)cc12. The molecule has 1 fully saturated rings. The van der Waals surface area contributed by atoms with Crippen LogP contribution < -0.4 is 20.5 Å². The maximum Gasteiger partial charge on any atom is 0.262 e. The van der Waals surface area contributed by atoms with Crippen molar-refractivity contribution in [3.8, 4) is 17.4 Å². The largest absolute Gasteiger partial charge is 0.491 e. The zero-order valence-corrected chi connectivity index (χ0v) is 28.1. The average Bonchev–Trinajstić information content (AvgIpc) is 3.67. The molecule has 1 atom stereocenters. The van der Waals surface area contributed by atoms with E-state index in [0.29, 0.717) is 57.0 Å². The molecule has 7 rings (SSSR count). The first kappa shape index (κ1) is 34.5. The predicted molar refractivity (Wildman–Crippen MR) is 187 cm³/mol. The molecule has 52 heavy (non-hydrogen) atoms. The number of benzene rings is 2. The molecule has 15 nitrogen and oxygen atoms in total. The molecule has 5 heterocycles. The van der Waals surface area contributed by atoms with Crippen LogP contribution in [0.2, 0.25) is 0 Å². The molecule has 1 unspecified atom stereocenters. The number of nitrogens with two attached hydrogens (primary N) is 1. The van der Waals surface area contributed by atoms with Gasteiger partial charge in [-0.05, 0) is 42.8 Å². The van der Waals surface area contributed by atoms with Crippen LogP contribution in [0.4, 0.5) is 5.69 Å². The summed E-state index contributed by atoms with van der Waals surface area (Å²) in [4.78, 5) is 59.4. The normalized spacial score (nSPS) is 15.8. The molecule has 3 aromatic heterocycles. The van der Waals surface area contributed by atoms with Crippen molar-refractivity contribution in [2.75, 3.05) is 58.6 Å². The summed E-state index contributed by atoms with van der Waals surface area (Å²) in [6.45, 7) is 2.71. The fourth-order valence-electron chi connectivity index (χ4n) is 6.11. The molecule has 0 radical (unpaired) electrons. The minimum atomic E-state index is -1.02. The van der Waals surface area contributed by atoms with Crippen LogP contribution in [0, 0.1) is 0 Å². The predicted octanol–water partition coefficient (Wildman–Crippen LogP) is 3.06. The number of nitrogens with one attached hydrogen (secondary N) is 1. The Morgan fingerprint density at radius 3 is 2.25 bits per heavy atom. The van der Waals surface area contributed by atoms with E-state index in [1.807, 2.05) is 53.4 Å². The van der Waals surface area contributed by atoms with Gasteiger partial charge in [-0.3, -0.25) is 34.0 Å². The van der Waals surface area contributed by atoms with Crippen LogP contribution in [0.5, 0.6) is 11.6 Å². The number of carbonyl (C=O) groups is 4. The van der Waals surface area contributed by atoms with Gasteiger partial charge in [-0.1, -0.05) is 12.1 Å². The second-order valence-electron chi connectivity index (χ2n) is 12.1. The second-order valence-corrected chi connectivity index (χ2v) is 12.1. The first-order valence-electron chi connectivity index (χ1n) is 16.8. The highest BCUT2D eigenvalue weighted by atomic mass is 16.6. The molecule has 0 bridgehead atoms. The van der Waals surface area contributed by atoms with Crippen molar-refractivity contribution in [2.24, 2.45) is 0 Å². The van der Waals surface area contributed by atoms with Gasteiger partial charge in [0.2, 0.25) is 17.7 Å². The minimum Gasteiger partial charge on any atom is -0.491 e. The molecule has 2 aromatic carbocycles. The lowest BCUT2D eigenvalue weighted by Crippen LogP contribution is -2.54. The maximum atomic E-state index is 13.0. The number of rotatable bonds is 16. The van der Waals surface area contributed by atoms with E-state index in [1.165, 1.54) is 12.1 Å². The third-order valence-corrected chi connectivity index (χ3v) is 8.71. The summed E-state index contributed by atoms with van der Waals surface area (Å²) in [7, 11) is 0. The first-order chi connectivity index (χ1) is 25.4. The molecule has 3 N–H and O–H groups in total. The van der Waals surface area contributed by atoms with Crippen LogP contribution in [-0.2, 0) is 23.8 Å². The number of nitrogens with zero attached hydrogens (tertiary/aromatic N) is 4. The van der Waals surface area contributed by atoms with Crippen LogP contribution in [-0.4, -0.2) is 102 Å². The van der Waals surface area contributed by atoms with Crippen molar-refractivity contribution in [2.45, 2.75) is 18.9 Å². The number of carbonyl (C=O) groups excluding carboxylic acids is 4. The summed E-state index contributed by atoms with van der Waals surface area (Å²) in [5, 5.41) is 5.07. The zero-order valence-electron chi connectivity index (χ0n) is 28.1. The van der Waals surface area contributed by atoms with Gasteiger partial charge in [0.25, 0.3) is 11.8 Å². The van der Waals surface area contributed by atoms with E-state index in [1.54, 1.807) is 12.3 Å². The van der Waals surface area contributed by atoms with E-state index in [0.717, 1.165) is 32.4 Å². The molecule has 268 valence electrons. The van der Waals surface area contributed by atoms with Gasteiger partial charge in [-0.2, -0.15) is 0 Å². The second kappa shape index (κ2) is 15.6. The Bertz CT molecular complexity index is 2150. The lowest BCUT2D eigenvalue weighted by molar-refractivity contribution is -0.136. The summed E-state index contributed by atoms with van der Waals surface area (Å²) in [6.07, 6.45) is 5.67. The lowest BCUT2D eigenvalue weighted by Gasteiger charge is -2.27. The number of amides is 4. The van der Waals surface area contributed by atoms with Crippen molar-refractivity contribution < 1.29 is 42.9 Å². The first-order valence-corrected chi connectivity index (χ1v) is 16.8. The number of nitrogen functional groups attached to an aromatic ring is 1. The number of imide groups is 2. The molecule has 0 aliphatic carbocycles. The van der Waals surface area contributed by atoms with Crippen LogP contribution in [0.15, 0.2) is 73.2 Å². The number of hydrogen-bond donors (Lipinski definition) is 2. The van der Waals surface area contributed by atoms with Crippen molar-refractivity contribution >= 4 is 51.0 Å². The number of piperidine rings is 1. The Kier molecular flexibility index (Phi) is 10.3. The Balaban J connectivity index is 0.747. The third kappa shape index (κ3) is 7.42. The molecule has 0 saturated carbocycles. The molecule has 5 aromatic rings. The fourth-order valence-corrected chi connectivity index (χ4v) is 6.11. The van der Waals surface area contributed by atoms with E-state index in [9.17, 15) is 19.2 Å². The Morgan fingerprint density at radius 1 is 0.750 bits per heavy atom. The van der Waals surface area contributed by atoms with Crippen LogP contribution >= 0.6 is 0 Å². The van der Waals surface area contributed by atoms with Gasteiger partial charge < -0.3 is 29.4 Å². The van der Waals surface area contributed by atoms with E-state index in [2.05, 4.69) is 15.3 Å². The monoisotopic (exact) mass is 708 g/mol. The van der Waals surface area contributed by atoms with Gasteiger partial charge in [0.1, 0.15) is 30.8 Å². The maximum absolute atomic E-state index is 13.0. The highest BCUT2D eigenvalue weighted by Crippen LogP contribution is 2.30. The standard InChI is InChI=1S/C37H36N6O9/c38-29-3-1-2-24-21-39-32(20-27(24)29)42-9-8-23-18-34(40-22-31(23)42)52-17-15-50-13-11-48-10-12-49-14-16-51-25-4-5-26-28(19-25)37(47)43(36(26)46)30-6-7-33(44)41-35(30)45/h1-5,8-9,18-22,30H,6-7,10-17,38H2,(H,41,44,45). The number of pyridine rings is 2. The minimum absolute atomic E-state index is 0.0599. The average molecular weight is 709 g/mol. The Hall–Kier alpha value is -5.90.